The minimum absolute atomic E-state index is 0.314. The van der Waals surface area contributed by atoms with E-state index in [0.717, 1.165) is 19.3 Å². The Labute approximate surface area is 119 Å². The summed E-state index contributed by atoms with van der Waals surface area (Å²) >= 11 is 0. The Bertz CT molecular complexity index is 601. The molecular formula is C18H20O2. The molecule has 0 heterocycles. The molecule has 2 aromatic carbocycles. The van der Waals surface area contributed by atoms with Gasteiger partial charge in [0.25, 0.3) is 0 Å². The third kappa shape index (κ3) is 2.26. The van der Waals surface area contributed by atoms with E-state index >= 15 is 0 Å². The number of hydrogen-bond donors (Lipinski definition) is 2. The Hall–Kier alpha value is -1.96. The molecule has 0 spiro atoms. The predicted molar refractivity (Wildman–Crippen MR) is 80.3 cm³/mol. The van der Waals surface area contributed by atoms with Gasteiger partial charge in [-0.05, 0) is 65.6 Å². The van der Waals surface area contributed by atoms with Crippen LogP contribution in [0.4, 0.5) is 0 Å². The summed E-state index contributed by atoms with van der Waals surface area (Å²) < 4.78 is 0. The number of phenolic OH excluding ortho intramolecular Hbond substituents is 2. The van der Waals surface area contributed by atoms with Crippen molar-refractivity contribution in [1.29, 1.82) is 0 Å². The maximum absolute atomic E-state index is 9.67. The van der Waals surface area contributed by atoms with E-state index in [9.17, 15) is 10.2 Å². The fourth-order valence-electron chi connectivity index (χ4n) is 3.47. The van der Waals surface area contributed by atoms with Gasteiger partial charge in [0, 0.05) is 0 Å². The van der Waals surface area contributed by atoms with E-state index in [1.165, 1.54) is 16.7 Å². The quantitative estimate of drug-likeness (QED) is 0.870. The van der Waals surface area contributed by atoms with Gasteiger partial charge in [0.2, 0.25) is 0 Å². The zero-order valence-electron chi connectivity index (χ0n) is 11.7. The zero-order chi connectivity index (χ0) is 14.1. The van der Waals surface area contributed by atoms with Crippen LogP contribution in [0.1, 0.15) is 48.3 Å². The van der Waals surface area contributed by atoms with Crippen LogP contribution in [-0.4, -0.2) is 10.2 Å². The highest BCUT2D eigenvalue weighted by Gasteiger charge is 2.32. The van der Waals surface area contributed by atoms with Crippen LogP contribution in [0.5, 0.6) is 11.5 Å². The minimum atomic E-state index is 0.314. The van der Waals surface area contributed by atoms with Gasteiger partial charge in [-0.3, -0.25) is 0 Å². The Kier molecular flexibility index (Phi) is 3.39. The summed E-state index contributed by atoms with van der Waals surface area (Å²) in [6.07, 6.45) is 3.28. The molecule has 0 unspecified atom stereocenters. The standard InChI is InChI=1S/C18H20O2/c1-2-3-17-16-9-8-15(20)10-13(16)11-18(17)12-4-6-14(19)7-5-12/h4-10,17-20H,2-3,11H2,1H3/t17-,18-/m0/s1. The molecule has 2 N–H and O–H groups in total. The van der Waals surface area contributed by atoms with Gasteiger partial charge in [0.15, 0.2) is 0 Å². The lowest BCUT2D eigenvalue weighted by Gasteiger charge is -2.20. The molecule has 0 radical (unpaired) electrons. The molecule has 0 saturated carbocycles. The summed E-state index contributed by atoms with van der Waals surface area (Å²) in [6, 6.07) is 13.3. The average molecular weight is 268 g/mol. The average Bonchev–Trinajstić information content (AvgIpc) is 2.78. The van der Waals surface area contributed by atoms with Gasteiger partial charge in [0.1, 0.15) is 11.5 Å². The van der Waals surface area contributed by atoms with Gasteiger partial charge in [-0.2, -0.15) is 0 Å². The summed E-state index contributed by atoms with van der Waals surface area (Å²) in [5.41, 5.74) is 3.92. The molecule has 0 aromatic heterocycles. The van der Waals surface area contributed by atoms with Crippen LogP contribution < -0.4 is 0 Å². The molecule has 104 valence electrons. The van der Waals surface area contributed by atoms with Crippen molar-refractivity contribution in [1.82, 2.24) is 0 Å². The SMILES string of the molecule is CCC[C@H]1c2ccc(O)cc2C[C@H]1c1ccc(O)cc1. The van der Waals surface area contributed by atoms with E-state index in [1.807, 2.05) is 18.2 Å². The molecule has 2 heteroatoms. The van der Waals surface area contributed by atoms with Gasteiger partial charge < -0.3 is 10.2 Å². The first-order chi connectivity index (χ1) is 9.69. The predicted octanol–water partition coefficient (Wildman–Crippen LogP) is 4.32. The van der Waals surface area contributed by atoms with Crippen molar-refractivity contribution >= 4 is 0 Å². The van der Waals surface area contributed by atoms with Crippen molar-refractivity contribution in [2.24, 2.45) is 0 Å². The highest BCUT2D eigenvalue weighted by Crippen LogP contribution is 2.47. The maximum atomic E-state index is 9.67. The molecule has 20 heavy (non-hydrogen) atoms. The topological polar surface area (TPSA) is 40.5 Å². The van der Waals surface area contributed by atoms with E-state index in [2.05, 4.69) is 13.0 Å². The molecule has 0 bridgehead atoms. The Morgan fingerprint density at radius 1 is 1.00 bits per heavy atom. The highest BCUT2D eigenvalue weighted by molar-refractivity contribution is 5.45. The second-order valence-electron chi connectivity index (χ2n) is 5.68. The van der Waals surface area contributed by atoms with Gasteiger partial charge in [-0.15, -0.1) is 0 Å². The summed E-state index contributed by atoms with van der Waals surface area (Å²) in [6.45, 7) is 2.21. The fraction of sp³-hybridized carbons (Fsp3) is 0.333. The number of phenols is 2. The molecule has 3 rings (SSSR count). The third-order valence-electron chi connectivity index (χ3n) is 4.37. The van der Waals surface area contributed by atoms with Crippen LogP contribution in [0.2, 0.25) is 0 Å². The Morgan fingerprint density at radius 3 is 2.40 bits per heavy atom. The van der Waals surface area contributed by atoms with Gasteiger partial charge >= 0.3 is 0 Å². The van der Waals surface area contributed by atoms with Crippen molar-refractivity contribution < 1.29 is 10.2 Å². The zero-order valence-corrected chi connectivity index (χ0v) is 11.7. The van der Waals surface area contributed by atoms with Crippen molar-refractivity contribution in [3.05, 3.63) is 59.2 Å². The lowest BCUT2D eigenvalue weighted by atomic mass is 9.84. The molecule has 2 atom stereocenters. The molecule has 0 aliphatic heterocycles. The first-order valence-electron chi connectivity index (χ1n) is 7.29. The Morgan fingerprint density at radius 2 is 1.70 bits per heavy atom. The second kappa shape index (κ2) is 5.20. The first-order valence-corrected chi connectivity index (χ1v) is 7.29. The van der Waals surface area contributed by atoms with E-state index in [-0.39, 0.29) is 0 Å². The van der Waals surface area contributed by atoms with Gasteiger partial charge in [-0.25, -0.2) is 0 Å². The lowest BCUT2D eigenvalue weighted by molar-refractivity contribution is 0.473. The highest BCUT2D eigenvalue weighted by atomic mass is 16.3. The van der Waals surface area contributed by atoms with Crippen molar-refractivity contribution in [3.8, 4) is 11.5 Å². The minimum Gasteiger partial charge on any atom is -0.508 e. The molecule has 2 aromatic rings. The van der Waals surface area contributed by atoms with E-state index in [0.29, 0.717) is 23.3 Å². The lowest BCUT2D eigenvalue weighted by Crippen LogP contribution is -2.06. The number of fused-ring (bicyclic) bond motifs is 1. The normalized spacial score (nSPS) is 20.9. The molecule has 0 saturated heterocycles. The summed E-state index contributed by atoms with van der Waals surface area (Å²) in [5, 5.41) is 19.1. The molecule has 0 fully saturated rings. The number of benzene rings is 2. The molecule has 0 amide bonds. The monoisotopic (exact) mass is 268 g/mol. The maximum Gasteiger partial charge on any atom is 0.115 e. The van der Waals surface area contributed by atoms with Crippen LogP contribution in [0.3, 0.4) is 0 Å². The molecular weight excluding hydrogens is 248 g/mol. The fourth-order valence-corrected chi connectivity index (χ4v) is 3.47. The largest absolute Gasteiger partial charge is 0.508 e. The third-order valence-corrected chi connectivity index (χ3v) is 4.37. The summed E-state index contributed by atoms with van der Waals surface area (Å²) in [7, 11) is 0. The molecule has 2 nitrogen and oxygen atoms in total. The number of rotatable bonds is 3. The Balaban J connectivity index is 1.98. The molecule has 1 aliphatic carbocycles. The van der Waals surface area contributed by atoms with Gasteiger partial charge in [0.05, 0.1) is 0 Å². The van der Waals surface area contributed by atoms with Crippen LogP contribution in [0.15, 0.2) is 42.5 Å². The first kappa shape index (κ1) is 13.0. The second-order valence-corrected chi connectivity index (χ2v) is 5.68. The molecule has 1 aliphatic rings. The van der Waals surface area contributed by atoms with Crippen molar-refractivity contribution in [3.63, 3.8) is 0 Å². The van der Waals surface area contributed by atoms with Crippen molar-refractivity contribution in [2.75, 3.05) is 0 Å². The smallest absolute Gasteiger partial charge is 0.115 e. The van der Waals surface area contributed by atoms with Crippen LogP contribution in [-0.2, 0) is 6.42 Å². The number of aromatic hydroxyl groups is 2. The summed E-state index contributed by atoms with van der Waals surface area (Å²) in [4.78, 5) is 0. The van der Waals surface area contributed by atoms with E-state index in [1.54, 1.807) is 18.2 Å². The van der Waals surface area contributed by atoms with Crippen LogP contribution in [0.25, 0.3) is 0 Å². The summed E-state index contributed by atoms with van der Waals surface area (Å²) in [5.74, 6) is 1.63. The van der Waals surface area contributed by atoms with Gasteiger partial charge in [-0.1, -0.05) is 31.5 Å². The van der Waals surface area contributed by atoms with Crippen molar-refractivity contribution in [2.45, 2.75) is 38.0 Å². The number of hydrogen-bond acceptors (Lipinski definition) is 2. The van der Waals surface area contributed by atoms with E-state index in [4.69, 9.17) is 0 Å². The van der Waals surface area contributed by atoms with Crippen LogP contribution >= 0.6 is 0 Å². The van der Waals surface area contributed by atoms with E-state index < -0.39 is 0 Å². The van der Waals surface area contributed by atoms with Crippen LogP contribution in [0, 0.1) is 0 Å².